The number of hydrogen-bond donors (Lipinski definition) is 0. The Balaban J connectivity index is 1.64. The van der Waals surface area contributed by atoms with E-state index in [0.717, 1.165) is 0 Å². The Morgan fingerprint density at radius 2 is 1.06 bits per heavy atom. The van der Waals surface area contributed by atoms with Crippen LogP contribution >= 0.6 is 0 Å². The molecule has 0 radical (unpaired) electrons. The van der Waals surface area contributed by atoms with E-state index in [9.17, 15) is 0 Å². The standard InChI is InChI=1S/C14H26O2/c1-12(15-13-8-4-2-5-9-13)16-14-10-6-3-7-11-14/h12-14H,2-11H2,1H3. The van der Waals surface area contributed by atoms with Gasteiger partial charge in [0.2, 0.25) is 0 Å². The Kier molecular flexibility index (Phi) is 5.11. The lowest BCUT2D eigenvalue weighted by molar-refractivity contribution is -0.194. The van der Waals surface area contributed by atoms with Crippen molar-refractivity contribution in [3.8, 4) is 0 Å². The second-order valence-corrected chi connectivity index (χ2v) is 5.36. The van der Waals surface area contributed by atoms with Crippen molar-refractivity contribution in [2.75, 3.05) is 0 Å². The molecule has 0 N–H and O–H groups in total. The van der Waals surface area contributed by atoms with Gasteiger partial charge in [0.15, 0.2) is 6.29 Å². The Morgan fingerprint density at radius 3 is 1.44 bits per heavy atom. The molecule has 16 heavy (non-hydrogen) atoms. The second kappa shape index (κ2) is 6.61. The largest absolute Gasteiger partial charge is 0.350 e. The van der Waals surface area contributed by atoms with Crippen molar-refractivity contribution in [2.24, 2.45) is 0 Å². The second-order valence-electron chi connectivity index (χ2n) is 5.36. The van der Waals surface area contributed by atoms with Gasteiger partial charge < -0.3 is 9.47 Å². The van der Waals surface area contributed by atoms with Gasteiger partial charge in [-0.15, -0.1) is 0 Å². The van der Waals surface area contributed by atoms with Gasteiger partial charge in [0, 0.05) is 0 Å². The molecule has 0 heterocycles. The zero-order valence-electron chi connectivity index (χ0n) is 10.6. The smallest absolute Gasteiger partial charge is 0.155 e. The van der Waals surface area contributed by atoms with Crippen molar-refractivity contribution in [3.63, 3.8) is 0 Å². The van der Waals surface area contributed by atoms with Crippen LogP contribution in [0.4, 0.5) is 0 Å². The van der Waals surface area contributed by atoms with E-state index < -0.39 is 0 Å². The Morgan fingerprint density at radius 1 is 0.688 bits per heavy atom. The van der Waals surface area contributed by atoms with E-state index in [1.807, 2.05) is 0 Å². The third kappa shape index (κ3) is 4.06. The van der Waals surface area contributed by atoms with Crippen LogP contribution in [0.3, 0.4) is 0 Å². The third-order valence-corrected chi connectivity index (χ3v) is 3.87. The molecule has 94 valence electrons. The maximum atomic E-state index is 5.97. The van der Waals surface area contributed by atoms with Gasteiger partial charge in [-0.1, -0.05) is 38.5 Å². The van der Waals surface area contributed by atoms with Crippen molar-refractivity contribution in [2.45, 2.75) is 89.6 Å². The van der Waals surface area contributed by atoms with E-state index in [2.05, 4.69) is 6.92 Å². The molecule has 2 saturated carbocycles. The van der Waals surface area contributed by atoms with Gasteiger partial charge in [0.05, 0.1) is 12.2 Å². The first-order valence-corrected chi connectivity index (χ1v) is 7.15. The summed E-state index contributed by atoms with van der Waals surface area (Å²) < 4.78 is 11.9. The van der Waals surface area contributed by atoms with Gasteiger partial charge >= 0.3 is 0 Å². The van der Waals surface area contributed by atoms with Crippen LogP contribution in [-0.2, 0) is 9.47 Å². The van der Waals surface area contributed by atoms with E-state index in [-0.39, 0.29) is 6.29 Å². The third-order valence-electron chi connectivity index (χ3n) is 3.87. The summed E-state index contributed by atoms with van der Waals surface area (Å²) >= 11 is 0. The molecule has 0 unspecified atom stereocenters. The minimum atomic E-state index is 0.00574. The zero-order chi connectivity index (χ0) is 11.2. The SMILES string of the molecule is CC(OC1CCCCC1)OC1CCCCC1. The number of rotatable bonds is 4. The Hall–Kier alpha value is -0.0800. The Bertz CT molecular complexity index is 161. The van der Waals surface area contributed by atoms with Crippen LogP contribution in [0.15, 0.2) is 0 Å². The van der Waals surface area contributed by atoms with Crippen LogP contribution in [0.1, 0.15) is 71.1 Å². The molecule has 0 amide bonds. The highest BCUT2D eigenvalue weighted by Gasteiger charge is 2.20. The van der Waals surface area contributed by atoms with Crippen molar-refractivity contribution in [1.82, 2.24) is 0 Å². The van der Waals surface area contributed by atoms with Crippen molar-refractivity contribution >= 4 is 0 Å². The van der Waals surface area contributed by atoms with Gasteiger partial charge in [-0.2, -0.15) is 0 Å². The van der Waals surface area contributed by atoms with Gasteiger partial charge in [-0.05, 0) is 32.6 Å². The van der Waals surface area contributed by atoms with Gasteiger partial charge in [0.25, 0.3) is 0 Å². The van der Waals surface area contributed by atoms with Crippen LogP contribution in [0.25, 0.3) is 0 Å². The van der Waals surface area contributed by atoms with Crippen molar-refractivity contribution in [3.05, 3.63) is 0 Å². The highest BCUT2D eigenvalue weighted by Crippen LogP contribution is 2.25. The maximum absolute atomic E-state index is 5.97. The molecule has 0 atom stereocenters. The molecule has 0 aromatic heterocycles. The first-order valence-electron chi connectivity index (χ1n) is 7.15. The summed E-state index contributed by atoms with van der Waals surface area (Å²) in [6.07, 6.45) is 14.0. The summed E-state index contributed by atoms with van der Waals surface area (Å²) in [6, 6.07) is 0. The summed E-state index contributed by atoms with van der Waals surface area (Å²) in [6.45, 7) is 2.07. The van der Waals surface area contributed by atoms with Crippen LogP contribution in [0.5, 0.6) is 0 Å². The summed E-state index contributed by atoms with van der Waals surface area (Å²) in [4.78, 5) is 0. The fourth-order valence-electron chi connectivity index (χ4n) is 2.98. The molecule has 0 aromatic carbocycles. The average molecular weight is 226 g/mol. The molecule has 2 nitrogen and oxygen atoms in total. The van der Waals surface area contributed by atoms with E-state index in [4.69, 9.17) is 9.47 Å². The van der Waals surface area contributed by atoms with Crippen molar-refractivity contribution in [1.29, 1.82) is 0 Å². The van der Waals surface area contributed by atoms with Gasteiger partial charge in [0.1, 0.15) is 0 Å². The van der Waals surface area contributed by atoms with E-state index in [0.29, 0.717) is 12.2 Å². The molecule has 2 aliphatic carbocycles. The molecule has 0 saturated heterocycles. The molecule has 0 spiro atoms. The zero-order valence-corrected chi connectivity index (χ0v) is 10.6. The normalized spacial score (nSPS) is 25.1. The minimum absolute atomic E-state index is 0.00574. The Labute approximate surface area is 99.7 Å². The average Bonchev–Trinajstić information content (AvgIpc) is 2.31. The molecular weight excluding hydrogens is 200 g/mol. The van der Waals surface area contributed by atoms with E-state index >= 15 is 0 Å². The topological polar surface area (TPSA) is 18.5 Å². The van der Waals surface area contributed by atoms with E-state index in [1.165, 1.54) is 64.2 Å². The van der Waals surface area contributed by atoms with Gasteiger partial charge in [-0.3, -0.25) is 0 Å². The van der Waals surface area contributed by atoms with E-state index in [1.54, 1.807) is 0 Å². The molecule has 2 heteroatoms. The molecule has 0 aromatic rings. The lowest BCUT2D eigenvalue weighted by atomic mass is 9.97. The monoisotopic (exact) mass is 226 g/mol. The first kappa shape index (κ1) is 12.4. The first-order chi connectivity index (χ1) is 7.84. The molecule has 2 aliphatic rings. The molecule has 2 rings (SSSR count). The van der Waals surface area contributed by atoms with Crippen LogP contribution in [0.2, 0.25) is 0 Å². The fourth-order valence-corrected chi connectivity index (χ4v) is 2.98. The molecule has 2 fully saturated rings. The van der Waals surface area contributed by atoms with Crippen LogP contribution < -0.4 is 0 Å². The number of hydrogen-bond acceptors (Lipinski definition) is 2. The molecular formula is C14H26O2. The lowest BCUT2D eigenvalue weighted by Crippen LogP contribution is -2.29. The predicted octanol–water partition coefficient (Wildman–Crippen LogP) is 4.03. The van der Waals surface area contributed by atoms with Gasteiger partial charge in [-0.25, -0.2) is 0 Å². The fraction of sp³-hybridized carbons (Fsp3) is 1.00. The predicted molar refractivity (Wildman–Crippen MR) is 65.4 cm³/mol. The highest BCUT2D eigenvalue weighted by atomic mass is 16.7. The summed E-state index contributed by atoms with van der Waals surface area (Å²) in [7, 11) is 0. The van der Waals surface area contributed by atoms with Crippen LogP contribution in [0, 0.1) is 0 Å². The maximum Gasteiger partial charge on any atom is 0.155 e. The summed E-state index contributed by atoms with van der Waals surface area (Å²) in [5.41, 5.74) is 0. The lowest BCUT2D eigenvalue weighted by Gasteiger charge is -2.29. The highest BCUT2D eigenvalue weighted by molar-refractivity contribution is 4.67. The quantitative estimate of drug-likeness (QED) is 0.674. The summed E-state index contributed by atoms with van der Waals surface area (Å²) in [5, 5.41) is 0. The minimum Gasteiger partial charge on any atom is -0.350 e. The number of ether oxygens (including phenoxy) is 2. The van der Waals surface area contributed by atoms with Crippen LogP contribution in [-0.4, -0.2) is 18.5 Å². The summed E-state index contributed by atoms with van der Waals surface area (Å²) in [5.74, 6) is 0. The molecule has 0 bridgehead atoms. The van der Waals surface area contributed by atoms with Crippen molar-refractivity contribution < 1.29 is 9.47 Å². The molecule has 0 aliphatic heterocycles.